The Labute approximate surface area is 89.3 Å². The zero-order chi connectivity index (χ0) is 12.9. The summed E-state index contributed by atoms with van der Waals surface area (Å²) in [6.45, 7) is 6.31. The summed E-state index contributed by atoms with van der Waals surface area (Å²) in [5, 5.41) is 49.2. The van der Waals surface area contributed by atoms with Crippen LogP contribution >= 0.6 is 0 Å². The summed E-state index contributed by atoms with van der Waals surface area (Å²) in [5.74, 6) is 0. The van der Waals surface area contributed by atoms with Crippen LogP contribution in [-0.4, -0.2) is 56.2 Å². The zero-order valence-corrected chi connectivity index (χ0v) is 9.25. The second-order valence-electron chi connectivity index (χ2n) is 3.91. The Balaban J connectivity index is 0. The van der Waals surface area contributed by atoms with E-state index < -0.39 is 25.8 Å². The van der Waals surface area contributed by atoms with E-state index in [4.69, 9.17) is 30.3 Å². The van der Waals surface area contributed by atoms with Crippen LogP contribution in [0.5, 0.6) is 0 Å². The van der Waals surface area contributed by atoms with Crippen molar-refractivity contribution in [3.63, 3.8) is 0 Å². The summed E-state index contributed by atoms with van der Waals surface area (Å²) in [4.78, 5) is 0. The van der Waals surface area contributed by atoms with Gasteiger partial charge in [-0.1, -0.05) is 0 Å². The van der Waals surface area contributed by atoms with Crippen LogP contribution in [0.1, 0.15) is 27.7 Å². The predicted molar refractivity (Wildman–Crippen MR) is 54.1 cm³/mol. The summed E-state index contributed by atoms with van der Waals surface area (Å²) < 4.78 is 3.47. The molecular weight excluding hydrogens is 206 g/mol. The minimum absolute atomic E-state index is 1.01. The van der Waals surface area contributed by atoms with E-state index in [-0.39, 0.29) is 0 Å². The molecule has 0 aromatic rings. The van der Waals surface area contributed by atoms with Gasteiger partial charge in [0, 0.05) is 0 Å². The van der Waals surface area contributed by atoms with Gasteiger partial charge in [-0.25, -0.2) is 0 Å². The molecule has 0 unspecified atom stereocenters. The molecule has 0 spiro atoms. The fourth-order valence-electron chi connectivity index (χ4n) is 0.109. The lowest BCUT2D eigenvalue weighted by atomic mass is 9.90. The Morgan fingerprint density at radius 3 is 0.933 bits per heavy atom. The molecule has 0 saturated heterocycles. The highest BCUT2D eigenvalue weighted by molar-refractivity contribution is 6.48. The lowest BCUT2D eigenvalue weighted by Gasteiger charge is -2.31. The Hall–Kier alpha value is -0.150. The maximum absolute atomic E-state index is 9.10. The van der Waals surface area contributed by atoms with Gasteiger partial charge in [0.2, 0.25) is 0 Å². The highest BCUT2D eigenvalue weighted by atomic mass is 16.7. The number of rotatable bonds is 3. The van der Waals surface area contributed by atoms with Gasteiger partial charge in [0.25, 0.3) is 0 Å². The topological polar surface area (TPSA) is 131 Å². The maximum atomic E-state index is 9.10. The van der Waals surface area contributed by atoms with Crippen molar-refractivity contribution in [2.45, 2.75) is 38.9 Å². The van der Waals surface area contributed by atoms with E-state index >= 15 is 0 Å². The van der Waals surface area contributed by atoms with Gasteiger partial charge in [-0.15, -0.1) is 0 Å². The minimum atomic E-state index is -2.13. The van der Waals surface area contributed by atoms with Crippen LogP contribution in [-0.2, 0) is 4.57 Å². The van der Waals surface area contributed by atoms with E-state index in [1.807, 2.05) is 0 Å². The first-order valence-corrected chi connectivity index (χ1v) is 4.20. The molecule has 0 atom stereocenters. The highest BCUT2D eigenvalue weighted by Crippen LogP contribution is 2.19. The fourth-order valence-corrected chi connectivity index (χ4v) is 0.109. The molecule has 0 aliphatic heterocycles. The van der Waals surface area contributed by atoms with Gasteiger partial charge >= 0.3 is 14.6 Å². The van der Waals surface area contributed by atoms with Gasteiger partial charge in [0.15, 0.2) is 0 Å². The standard InChI is InChI=1S/C6H14O2.B2H4O5/c1-5(2,7)6(3,4)8;3-1(4)7-2(5)6/h7-8H,1-4H3;3-6H. The van der Waals surface area contributed by atoms with Gasteiger partial charge in [-0.2, -0.15) is 0 Å². The molecular formula is C6H18B2O7. The van der Waals surface area contributed by atoms with Gasteiger partial charge in [-0.05, 0) is 27.7 Å². The number of aliphatic hydroxyl groups is 2. The monoisotopic (exact) mass is 224 g/mol. The molecule has 7 nitrogen and oxygen atoms in total. The molecule has 0 aliphatic carbocycles. The molecule has 0 aromatic heterocycles. The minimum Gasteiger partial charge on any atom is -0.402 e. The Bertz CT molecular complexity index is 142. The van der Waals surface area contributed by atoms with Gasteiger partial charge in [0.05, 0.1) is 11.2 Å². The van der Waals surface area contributed by atoms with E-state index in [0.29, 0.717) is 0 Å². The summed E-state index contributed by atoms with van der Waals surface area (Å²) in [6, 6.07) is 0. The third kappa shape index (κ3) is 11.8. The molecule has 0 rings (SSSR count). The molecule has 0 fully saturated rings. The molecule has 6 N–H and O–H groups in total. The van der Waals surface area contributed by atoms with E-state index in [9.17, 15) is 0 Å². The van der Waals surface area contributed by atoms with Crippen LogP contribution in [0.3, 0.4) is 0 Å². The van der Waals surface area contributed by atoms with Crippen LogP contribution in [0.2, 0.25) is 0 Å². The molecule has 15 heavy (non-hydrogen) atoms. The first-order chi connectivity index (χ1) is 6.38. The summed E-state index contributed by atoms with van der Waals surface area (Å²) in [6.07, 6.45) is 0. The van der Waals surface area contributed by atoms with Crippen LogP contribution in [0, 0.1) is 0 Å². The summed E-state index contributed by atoms with van der Waals surface area (Å²) in [5.41, 5.74) is -2.01. The van der Waals surface area contributed by atoms with Crippen LogP contribution < -0.4 is 0 Å². The van der Waals surface area contributed by atoms with E-state index in [0.717, 1.165) is 0 Å². The summed E-state index contributed by atoms with van der Waals surface area (Å²) in [7, 11) is -4.25. The second kappa shape index (κ2) is 6.44. The molecule has 0 radical (unpaired) electrons. The van der Waals surface area contributed by atoms with Crippen molar-refractivity contribution in [1.82, 2.24) is 0 Å². The SMILES string of the molecule is CC(C)(O)C(C)(C)O.OB(O)OB(O)O. The lowest BCUT2D eigenvalue weighted by molar-refractivity contribution is -0.107. The van der Waals surface area contributed by atoms with Crippen LogP contribution in [0.15, 0.2) is 0 Å². The van der Waals surface area contributed by atoms with Crippen molar-refractivity contribution < 1.29 is 34.9 Å². The van der Waals surface area contributed by atoms with Crippen LogP contribution in [0.25, 0.3) is 0 Å². The van der Waals surface area contributed by atoms with Crippen molar-refractivity contribution in [2.24, 2.45) is 0 Å². The predicted octanol–water partition coefficient (Wildman–Crippen LogP) is -2.53. The third-order valence-electron chi connectivity index (χ3n) is 1.74. The average molecular weight is 224 g/mol. The van der Waals surface area contributed by atoms with Gasteiger partial charge in [-0.3, -0.25) is 0 Å². The Morgan fingerprint density at radius 2 is 0.933 bits per heavy atom. The molecule has 0 amide bonds. The Morgan fingerprint density at radius 1 is 0.733 bits per heavy atom. The average Bonchev–Trinajstić information content (AvgIpc) is 1.78. The maximum Gasteiger partial charge on any atom is 0.621 e. The quantitative estimate of drug-likeness (QED) is 0.291. The summed E-state index contributed by atoms with van der Waals surface area (Å²) >= 11 is 0. The molecule has 0 aromatic carbocycles. The Kier molecular flexibility index (Phi) is 7.40. The van der Waals surface area contributed by atoms with Gasteiger partial charge in [0.1, 0.15) is 0 Å². The molecule has 0 bridgehead atoms. The first-order valence-electron chi connectivity index (χ1n) is 4.20. The van der Waals surface area contributed by atoms with Crippen molar-refractivity contribution in [1.29, 1.82) is 0 Å². The molecule has 0 heterocycles. The largest absolute Gasteiger partial charge is 0.621 e. The van der Waals surface area contributed by atoms with E-state index in [1.165, 1.54) is 0 Å². The zero-order valence-electron chi connectivity index (χ0n) is 9.25. The highest BCUT2D eigenvalue weighted by Gasteiger charge is 2.31. The lowest BCUT2D eigenvalue weighted by Crippen LogP contribution is -2.44. The van der Waals surface area contributed by atoms with Crippen molar-refractivity contribution in [2.75, 3.05) is 0 Å². The molecule has 9 heteroatoms. The third-order valence-corrected chi connectivity index (χ3v) is 1.74. The van der Waals surface area contributed by atoms with Crippen molar-refractivity contribution >= 4 is 14.6 Å². The first kappa shape index (κ1) is 17.3. The van der Waals surface area contributed by atoms with Crippen LogP contribution in [0.4, 0.5) is 0 Å². The second-order valence-corrected chi connectivity index (χ2v) is 3.91. The number of hydrogen-bond donors (Lipinski definition) is 6. The normalized spacial score (nSPS) is 11.6. The smallest absolute Gasteiger partial charge is 0.402 e. The number of hydrogen-bond acceptors (Lipinski definition) is 7. The van der Waals surface area contributed by atoms with Gasteiger partial charge < -0.3 is 34.9 Å². The van der Waals surface area contributed by atoms with E-state index in [1.54, 1.807) is 27.7 Å². The molecule has 90 valence electrons. The molecule has 0 saturated carbocycles. The fraction of sp³-hybridized carbons (Fsp3) is 1.00. The molecule has 0 aliphatic rings. The van der Waals surface area contributed by atoms with E-state index in [2.05, 4.69) is 4.57 Å². The van der Waals surface area contributed by atoms with Crippen molar-refractivity contribution in [3.8, 4) is 0 Å². The van der Waals surface area contributed by atoms with Crippen molar-refractivity contribution in [3.05, 3.63) is 0 Å².